The van der Waals surface area contributed by atoms with E-state index >= 15 is 0 Å². The number of benzene rings is 1. The summed E-state index contributed by atoms with van der Waals surface area (Å²) < 4.78 is 1.60. The van der Waals surface area contributed by atoms with Gasteiger partial charge in [-0.25, -0.2) is 9.97 Å². The molecule has 1 N–H and O–H groups in total. The van der Waals surface area contributed by atoms with Gasteiger partial charge in [0, 0.05) is 31.9 Å². The fourth-order valence-electron chi connectivity index (χ4n) is 3.45. The molecule has 7 heteroatoms. The summed E-state index contributed by atoms with van der Waals surface area (Å²) in [5.74, 6) is 1.36. The molecule has 0 aliphatic carbocycles. The van der Waals surface area contributed by atoms with E-state index in [2.05, 4.69) is 25.3 Å². The van der Waals surface area contributed by atoms with Crippen LogP contribution in [0.1, 0.15) is 35.6 Å². The minimum absolute atomic E-state index is 0.191. The van der Waals surface area contributed by atoms with E-state index in [1.807, 2.05) is 36.4 Å². The molecule has 0 atom stereocenters. The zero-order chi connectivity index (χ0) is 19.3. The number of carbonyl (C=O) groups excluding carboxylic acids is 1. The monoisotopic (exact) mass is 376 g/mol. The number of anilines is 1. The third kappa shape index (κ3) is 4.03. The zero-order valence-electron chi connectivity index (χ0n) is 16.0. The van der Waals surface area contributed by atoms with Gasteiger partial charge in [0.15, 0.2) is 0 Å². The smallest absolute Gasteiger partial charge is 0.269 e. The Labute approximate surface area is 164 Å². The fraction of sp³-hybridized carbons (Fsp3) is 0.333. The molecule has 144 valence electrons. The Morgan fingerprint density at radius 3 is 2.68 bits per heavy atom. The lowest BCUT2D eigenvalue weighted by Crippen LogP contribution is -2.31. The lowest BCUT2D eigenvalue weighted by molar-refractivity contribution is 0.0940. The van der Waals surface area contributed by atoms with Gasteiger partial charge < -0.3 is 10.2 Å². The summed E-state index contributed by atoms with van der Waals surface area (Å²) in [4.78, 5) is 23.8. The topological polar surface area (TPSA) is 75.9 Å². The van der Waals surface area contributed by atoms with Gasteiger partial charge in [-0.2, -0.15) is 5.10 Å². The van der Waals surface area contributed by atoms with E-state index in [-0.39, 0.29) is 12.5 Å². The number of aryl methyl sites for hydroxylation is 1. The van der Waals surface area contributed by atoms with Crippen LogP contribution >= 0.6 is 0 Å². The maximum absolute atomic E-state index is 12.6. The second-order valence-electron chi connectivity index (χ2n) is 6.97. The number of piperidine rings is 1. The second kappa shape index (κ2) is 8.21. The normalized spacial score (nSPS) is 14.1. The molecule has 1 saturated heterocycles. The minimum atomic E-state index is -0.191. The van der Waals surface area contributed by atoms with Crippen LogP contribution in [0.3, 0.4) is 0 Å². The van der Waals surface area contributed by atoms with Gasteiger partial charge in [0.25, 0.3) is 5.91 Å². The van der Waals surface area contributed by atoms with Crippen molar-refractivity contribution >= 4 is 11.7 Å². The number of amides is 1. The summed E-state index contributed by atoms with van der Waals surface area (Å²) in [6.07, 6.45) is 5.43. The van der Waals surface area contributed by atoms with Crippen LogP contribution in [0.2, 0.25) is 0 Å². The van der Waals surface area contributed by atoms with Crippen molar-refractivity contribution in [2.75, 3.05) is 18.0 Å². The number of nitrogens with one attached hydrogen (secondary N) is 1. The predicted octanol–water partition coefficient (Wildman–Crippen LogP) is 2.80. The molecule has 3 aromatic rings. The predicted molar refractivity (Wildman–Crippen MR) is 108 cm³/mol. The highest BCUT2D eigenvalue weighted by molar-refractivity contribution is 5.93. The quantitative estimate of drug-likeness (QED) is 0.741. The van der Waals surface area contributed by atoms with E-state index in [4.69, 9.17) is 0 Å². The van der Waals surface area contributed by atoms with Crippen molar-refractivity contribution in [3.05, 3.63) is 60.2 Å². The molecule has 0 spiro atoms. The van der Waals surface area contributed by atoms with Crippen LogP contribution in [-0.4, -0.2) is 38.7 Å². The van der Waals surface area contributed by atoms with E-state index in [9.17, 15) is 4.79 Å². The first-order valence-corrected chi connectivity index (χ1v) is 9.65. The first-order chi connectivity index (χ1) is 13.7. The van der Waals surface area contributed by atoms with Crippen LogP contribution < -0.4 is 10.2 Å². The molecule has 1 aromatic carbocycles. The van der Waals surface area contributed by atoms with Crippen molar-refractivity contribution in [1.29, 1.82) is 0 Å². The van der Waals surface area contributed by atoms with Gasteiger partial charge in [0.05, 0.1) is 12.2 Å². The van der Waals surface area contributed by atoms with Gasteiger partial charge in [-0.1, -0.05) is 30.3 Å². The number of nitrogens with zero attached hydrogens (tertiary/aromatic N) is 5. The van der Waals surface area contributed by atoms with Gasteiger partial charge in [-0.3, -0.25) is 9.48 Å². The molecule has 3 heterocycles. The van der Waals surface area contributed by atoms with Crippen molar-refractivity contribution in [3.8, 4) is 11.3 Å². The lowest BCUT2D eigenvalue weighted by Gasteiger charge is -2.27. The van der Waals surface area contributed by atoms with Crippen LogP contribution in [0.4, 0.5) is 5.82 Å². The van der Waals surface area contributed by atoms with E-state index in [1.54, 1.807) is 24.0 Å². The second-order valence-corrected chi connectivity index (χ2v) is 6.97. The third-order valence-electron chi connectivity index (χ3n) is 4.96. The highest BCUT2D eigenvalue weighted by atomic mass is 16.2. The number of hydrogen-bond acceptors (Lipinski definition) is 5. The number of aromatic nitrogens is 4. The maximum atomic E-state index is 12.6. The standard InChI is InChI=1S/C21H24N6O/c1-26-18(14-17(25-26)16-8-4-2-5-9-16)21(28)23-15-19-22-11-10-20(24-19)27-12-6-3-7-13-27/h2,4-5,8-11,14H,3,6-7,12-13,15H2,1H3,(H,23,28). The van der Waals surface area contributed by atoms with Gasteiger partial charge in [0.1, 0.15) is 17.3 Å². The summed E-state index contributed by atoms with van der Waals surface area (Å²) in [5.41, 5.74) is 2.26. The van der Waals surface area contributed by atoms with Gasteiger partial charge in [-0.05, 0) is 31.4 Å². The molecule has 1 fully saturated rings. The van der Waals surface area contributed by atoms with E-state index < -0.39 is 0 Å². The van der Waals surface area contributed by atoms with E-state index in [0.29, 0.717) is 11.5 Å². The summed E-state index contributed by atoms with van der Waals surface area (Å²) in [6, 6.07) is 13.6. The Balaban J connectivity index is 1.43. The molecule has 0 bridgehead atoms. The van der Waals surface area contributed by atoms with Crippen LogP contribution in [0.15, 0.2) is 48.7 Å². The molecule has 0 radical (unpaired) electrons. The molecule has 7 nitrogen and oxygen atoms in total. The molecular formula is C21H24N6O. The van der Waals surface area contributed by atoms with Crippen LogP contribution in [0.5, 0.6) is 0 Å². The molecule has 4 rings (SSSR count). The number of hydrogen-bond donors (Lipinski definition) is 1. The number of rotatable bonds is 5. The SMILES string of the molecule is Cn1nc(-c2ccccc2)cc1C(=O)NCc1nccc(N2CCCCC2)n1. The first kappa shape index (κ1) is 18.2. The third-order valence-corrected chi connectivity index (χ3v) is 4.96. The average molecular weight is 376 g/mol. The Hall–Kier alpha value is -3.22. The summed E-state index contributed by atoms with van der Waals surface area (Å²) in [6.45, 7) is 2.34. The average Bonchev–Trinajstić information content (AvgIpc) is 3.15. The fourth-order valence-corrected chi connectivity index (χ4v) is 3.45. The molecule has 2 aromatic heterocycles. The minimum Gasteiger partial charge on any atom is -0.357 e. The molecule has 0 unspecified atom stereocenters. The van der Waals surface area contributed by atoms with E-state index in [0.717, 1.165) is 30.2 Å². The maximum Gasteiger partial charge on any atom is 0.269 e. The van der Waals surface area contributed by atoms with Crippen molar-refractivity contribution < 1.29 is 4.79 Å². The van der Waals surface area contributed by atoms with Gasteiger partial charge >= 0.3 is 0 Å². The number of carbonyl (C=O) groups is 1. The molecular weight excluding hydrogens is 352 g/mol. The Morgan fingerprint density at radius 2 is 1.89 bits per heavy atom. The first-order valence-electron chi connectivity index (χ1n) is 9.65. The van der Waals surface area contributed by atoms with Crippen molar-refractivity contribution in [1.82, 2.24) is 25.1 Å². The van der Waals surface area contributed by atoms with Crippen molar-refractivity contribution in [2.24, 2.45) is 7.05 Å². The Kier molecular flexibility index (Phi) is 5.32. The molecule has 1 aliphatic heterocycles. The summed E-state index contributed by atoms with van der Waals surface area (Å²) >= 11 is 0. The summed E-state index contributed by atoms with van der Waals surface area (Å²) in [7, 11) is 1.77. The Morgan fingerprint density at radius 1 is 1.11 bits per heavy atom. The van der Waals surface area contributed by atoms with Crippen molar-refractivity contribution in [3.63, 3.8) is 0 Å². The van der Waals surface area contributed by atoms with Crippen LogP contribution in [-0.2, 0) is 13.6 Å². The molecule has 0 saturated carbocycles. The zero-order valence-corrected chi connectivity index (χ0v) is 16.0. The van der Waals surface area contributed by atoms with Crippen LogP contribution in [0, 0.1) is 0 Å². The largest absolute Gasteiger partial charge is 0.357 e. The van der Waals surface area contributed by atoms with E-state index in [1.165, 1.54) is 19.3 Å². The Bertz CT molecular complexity index is 947. The highest BCUT2D eigenvalue weighted by Gasteiger charge is 2.16. The van der Waals surface area contributed by atoms with Crippen LogP contribution in [0.25, 0.3) is 11.3 Å². The highest BCUT2D eigenvalue weighted by Crippen LogP contribution is 2.19. The summed E-state index contributed by atoms with van der Waals surface area (Å²) in [5, 5.41) is 7.36. The van der Waals surface area contributed by atoms with Crippen molar-refractivity contribution in [2.45, 2.75) is 25.8 Å². The molecule has 1 aliphatic rings. The molecule has 28 heavy (non-hydrogen) atoms. The van der Waals surface area contributed by atoms with Gasteiger partial charge in [-0.15, -0.1) is 0 Å². The lowest BCUT2D eigenvalue weighted by atomic mass is 10.1. The molecule has 1 amide bonds. The van der Waals surface area contributed by atoms with Gasteiger partial charge in [0.2, 0.25) is 0 Å².